The zero-order chi connectivity index (χ0) is 34.4. The summed E-state index contributed by atoms with van der Waals surface area (Å²) in [7, 11) is 0. The molecule has 0 amide bonds. The van der Waals surface area contributed by atoms with Crippen molar-refractivity contribution < 1.29 is 0 Å². The summed E-state index contributed by atoms with van der Waals surface area (Å²) < 4.78 is 0. The van der Waals surface area contributed by atoms with E-state index in [1.54, 1.807) is 0 Å². The van der Waals surface area contributed by atoms with E-state index in [2.05, 4.69) is 168 Å². The van der Waals surface area contributed by atoms with Crippen LogP contribution < -0.4 is 5.32 Å². The van der Waals surface area contributed by atoms with Gasteiger partial charge in [0.05, 0.1) is 16.9 Å². The van der Waals surface area contributed by atoms with Crippen molar-refractivity contribution in [3.05, 3.63) is 181 Å². The number of allylic oxidation sites excluding steroid dienone is 2. The monoisotopic (exact) mass is 666 g/mol. The zero-order valence-corrected chi connectivity index (χ0v) is 28.5. The second-order valence-electron chi connectivity index (χ2n) is 13.6. The molecule has 6 aromatic carbocycles. The molecule has 1 aliphatic carbocycles. The van der Waals surface area contributed by atoms with Gasteiger partial charge in [0, 0.05) is 40.9 Å². The summed E-state index contributed by atoms with van der Waals surface area (Å²) in [4.78, 5) is 15.4. The molecule has 8 aromatic rings. The van der Waals surface area contributed by atoms with E-state index in [1.807, 2.05) is 12.3 Å². The summed E-state index contributed by atoms with van der Waals surface area (Å²) >= 11 is 0. The Bertz CT molecular complexity index is 2680. The zero-order valence-electron chi connectivity index (χ0n) is 28.5. The molecule has 10 rings (SSSR count). The molecule has 0 fully saturated rings. The number of hydrogen-bond donors (Lipinski definition) is 1. The maximum absolute atomic E-state index is 5.39. The minimum atomic E-state index is 0.355. The molecule has 0 radical (unpaired) electrons. The summed E-state index contributed by atoms with van der Waals surface area (Å²) in [5.74, 6) is 0.695. The van der Waals surface area contributed by atoms with Crippen molar-refractivity contribution >= 4 is 38.0 Å². The molecule has 52 heavy (non-hydrogen) atoms. The Balaban J connectivity index is 1.22. The molecule has 0 spiro atoms. The predicted octanol–water partition coefficient (Wildman–Crippen LogP) is 11.2. The predicted molar refractivity (Wildman–Crippen MR) is 216 cm³/mol. The lowest BCUT2D eigenvalue weighted by atomic mass is 9.87. The van der Waals surface area contributed by atoms with Crippen molar-refractivity contribution in [2.24, 2.45) is 0 Å². The number of aromatic nitrogens is 3. The number of fused-ring (bicyclic) bond motifs is 4. The minimum absolute atomic E-state index is 0.355. The van der Waals surface area contributed by atoms with Crippen LogP contribution in [0.15, 0.2) is 176 Å². The van der Waals surface area contributed by atoms with Gasteiger partial charge >= 0.3 is 0 Å². The maximum atomic E-state index is 5.39. The Hall–Kier alpha value is -6.49. The molecule has 1 N–H and O–H groups in total. The maximum Gasteiger partial charge on any atom is 0.160 e. The van der Waals surface area contributed by atoms with Gasteiger partial charge in [0.1, 0.15) is 0 Å². The Morgan fingerprint density at radius 3 is 2.00 bits per heavy atom. The average molecular weight is 667 g/mol. The third kappa shape index (κ3) is 5.51. The van der Waals surface area contributed by atoms with Crippen LogP contribution in [0.1, 0.15) is 12.0 Å². The Kier molecular flexibility index (Phi) is 7.40. The Labute approximate surface area is 302 Å². The SMILES string of the molecule is C1=CC2=CC(c3cc(-c4ccc5ncccc5c4)cc(-c4nc(-c5cccc6ccccc56)cc(-c5cccc6ccccc56)n4)c3)=CCC2NC1. The minimum Gasteiger partial charge on any atom is -0.306 e. The van der Waals surface area contributed by atoms with E-state index < -0.39 is 0 Å². The first-order valence-corrected chi connectivity index (χ1v) is 17.9. The van der Waals surface area contributed by atoms with Crippen molar-refractivity contribution in [3.63, 3.8) is 0 Å². The van der Waals surface area contributed by atoms with E-state index >= 15 is 0 Å². The Morgan fingerprint density at radius 2 is 1.23 bits per heavy atom. The molecule has 1 unspecified atom stereocenters. The van der Waals surface area contributed by atoms with Gasteiger partial charge in [-0.15, -0.1) is 0 Å². The fourth-order valence-electron chi connectivity index (χ4n) is 7.79. The third-order valence-corrected chi connectivity index (χ3v) is 10.4. The molecule has 0 bridgehead atoms. The lowest BCUT2D eigenvalue weighted by Gasteiger charge is -2.26. The topological polar surface area (TPSA) is 50.7 Å². The summed E-state index contributed by atoms with van der Waals surface area (Å²) in [5.41, 5.74) is 11.8. The number of hydrogen-bond acceptors (Lipinski definition) is 4. The van der Waals surface area contributed by atoms with Crippen LogP contribution in [0.2, 0.25) is 0 Å². The van der Waals surface area contributed by atoms with Gasteiger partial charge < -0.3 is 5.32 Å². The van der Waals surface area contributed by atoms with Crippen molar-refractivity contribution in [3.8, 4) is 45.0 Å². The molecule has 3 heterocycles. The highest BCUT2D eigenvalue weighted by atomic mass is 14.9. The van der Waals surface area contributed by atoms with Crippen LogP contribution in [0.5, 0.6) is 0 Å². The number of rotatable bonds is 5. The highest BCUT2D eigenvalue weighted by molar-refractivity contribution is 5.99. The van der Waals surface area contributed by atoms with Crippen molar-refractivity contribution in [2.75, 3.05) is 6.54 Å². The summed E-state index contributed by atoms with van der Waals surface area (Å²) in [6.07, 6.45) is 12.0. The second kappa shape index (κ2) is 12.7. The van der Waals surface area contributed by atoms with Gasteiger partial charge in [-0.25, -0.2) is 9.97 Å². The molecule has 0 saturated carbocycles. The largest absolute Gasteiger partial charge is 0.306 e. The molecule has 246 valence electrons. The lowest BCUT2D eigenvalue weighted by Crippen LogP contribution is -2.34. The van der Waals surface area contributed by atoms with Crippen molar-refractivity contribution in [2.45, 2.75) is 12.5 Å². The highest BCUT2D eigenvalue weighted by Gasteiger charge is 2.20. The molecule has 1 aliphatic heterocycles. The quantitative estimate of drug-likeness (QED) is 0.199. The van der Waals surface area contributed by atoms with Gasteiger partial charge in [-0.05, 0) is 104 Å². The number of nitrogens with one attached hydrogen (secondary N) is 1. The molecule has 4 nitrogen and oxygen atoms in total. The first kappa shape index (κ1) is 30.3. The fraction of sp³-hybridized carbons (Fsp3) is 0.0625. The lowest BCUT2D eigenvalue weighted by molar-refractivity contribution is 0.605. The van der Waals surface area contributed by atoms with Gasteiger partial charge in [-0.1, -0.05) is 115 Å². The van der Waals surface area contributed by atoms with Gasteiger partial charge in [0.2, 0.25) is 0 Å². The molecular weight excluding hydrogens is 633 g/mol. The molecular formula is C48H34N4. The van der Waals surface area contributed by atoms with Gasteiger partial charge in [-0.2, -0.15) is 0 Å². The summed E-state index contributed by atoms with van der Waals surface area (Å²) in [5, 5.41) is 9.44. The highest BCUT2D eigenvalue weighted by Crippen LogP contribution is 2.38. The second-order valence-corrected chi connectivity index (χ2v) is 13.6. The number of pyridine rings is 1. The van der Waals surface area contributed by atoms with Crippen molar-refractivity contribution in [1.82, 2.24) is 20.3 Å². The van der Waals surface area contributed by atoms with Crippen LogP contribution in [0.4, 0.5) is 0 Å². The number of nitrogens with zero attached hydrogens (tertiary/aromatic N) is 3. The van der Waals surface area contributed by atoms with Gasteiger partial charge in [-0.3, -0.25) is 4.98 Å². The van der Waals surface area contributed by atoms with E-state index in [4.69, 9.17) is 9.97 Å². The smallest absolute Gasteiger partial charge is 0.160 e. The fourth-order valence-corrected chi connectivity index (χ4v) is 7.79. The molecule has 2 aliphatic rings. The molecule has 2 aromatic heterocycles. The number of benzene rings is 6. The third-order valence-electron chi connectivity index (χ3n) is 10.4. The van der Waals surface area contributed by atoms with Crippen LogP contribution >= 0.6 is 0 Å². The van der Waals surface area contributed by atoms with E-state index in [-0.39, 0.29) is 0 Å². The van der Waals surface area contributed by atoms with Crippen molar-refractivity contribution in [1.29, 1.82) is 0 Å². The van der Waals surface area contributed by atoms with Gasteiger partial charge in [0.25, 0.3) is 0 Å². The van der Waals surface area contributed by atoms with Crippen LogP contribution in [0.25, 0.3) is 83.1 Å². The van der Waals surface area contributed by atoms with E-state index in [0.717, 1.165) is 68.6 Å². The van der Waals surface area contributed by atoms with E-state index in [1.165, 1.54) is 32.7 Å². The van der Waals surface area contributed by atoms with Crippen LogP contribution in [0, 0.1) is 0 Å². The first-order chi connectivity index (χ1) is 25.7. The standard InChI is InChI=1S/C48H34N4/c1-3-15-40-31(9-1)11-5-17-42(40)46-30-47(43-18-6-12-32-10-2-4-16-41(32)43)52-48(51-46)39-28-37(33-19-21-44-35(25-33)13-7-23-49-44)27-38(29-39)34-20-22-45-36(26-34)14-8-24-50-45/h1-21,23,25-30,45,50H,22,24H2. The van der Waals surface area contributed by atoms with E-state index in [9.17, 15) is 0 Å². The van der Waals surface area contributed by atoms with Crippen LogP contribution in [0.3, 0.4) is 0 Å². The Morgan fingerprint density at radius 1 is 0.558 bits per heavy atom. The first-order valence-electron chi connectivity index (χ1n) is 17.9. The normalized spacial score (nSPS) is 15.4. The van der Waals surface area contributed by atoms with Gasteiger partial charge in [0.15, 0.2) is 5.82 Å². The van der Waals surface area contributed by atoms with E-state index in [0.29, 0.717) is 11.9 Å². The van der Waals surface area contributed by atoms with Crippen LogP contribution in [-0.2, 0) is 0 Å². The summed E-state index contributed by atoms with van der Waals surface area (Å²) in [6, 6.07) is 50.0. The molecule has 4 heteroatoms. The molecule has 1 atom stereocenters. The molecule has 0 saturated heterocycles. The summed E-state index contributed by atoms with van der Waals surface area (Å²) in [6.45, 7) is 0.908. The average Bonchev–Trinajstić information content (AvgIpc) is 3.22. The van der Waals surface area contributed by atoms with Crippen LogP contribution in [-0.4, -0.2) is 27.5 Å².